The van der Waals surface area contributed by atoms with Crippen molar-refractivity contribution in [3.8, 4) is 112 Å². The van der Waals surface area contributed by atoms with Crippen LogP contribution in [0.15, 0.2) is 297 Å². The summed E-state index contributed by atoms with van der Waals surface area (Å²) in [6.07, 6.45) is 0. The molecule has 0 saturated carbocycles. The quantitative estimate of drug-likeness (QED) is 0.135. The lowest BCUT2D eigenvalue weighted by Crippen LogP contribution is -2.59. The summed E-state index contributed by atoms with van der Waals surface area (Å²) in [5.74, 6) is 0.646. The highest BCUT2D eigenvalue weighted by atomic mass is 15.0. The molecule has 13 aromatic carbocycles. The highest BCUT2D eigenvalue weighted by Crippen LogP contribution is 2.46. The van der Waals surface area contributed by atoms with Gasteiger partial charge in [-0.15, -0.1) is 0 Å². The van der Waals surface area contributed by atoms with Crippen LogP contribution in [0.3, 0.4) is 0 Å². The molecule has 5 heteroatoms. The Morgan fingerprint density at radius 1 is 0.263 bits per heavy atom. The first kappa shape index (κ1) is 56.4. The number of hydrogen-bond donors (Lipinski definition) is 0. The number of rotatable bonds is 9. The molecule has 0 fully saturated rings. The van der Waals surface area contributed by atoms with Gasteiger partial charge in [0, 0.05) is 60.6 Å². The van der Waals surface area contributed by atoms with Crippen LogP contribution in [-0.2, 0) is 10.8 Å². The molecule has 5 heterocycles. The third kappa shape index (κ3) is 9.43. The molecule has 0 atom stereocenters. The fourth-order valence-corrected chi connectivity index (χ4v) is 15.3. The van der Waals surface area contributed by atoms with E-state index < -0.39 is 0 Å². The third-order valence-electron chi connectivity index (χ3n) is 20.1. The van der Waals surface area contributed by atoms with Gasteiger partial charge in [-0.3, -0.25) is 0 Å². The van der Waals surface area contributed by atoms with Crippen LogP contribution >= 0.6 is 0 Å². The van der Waals surface area contributed by atoms with E-state index in [-0.39, 0.29) is 17.5 Å². The maximum atomic E-state index is 5.92. The highest BCUT2D eigenvalue weighted by molar-refractivity contribution is 7.00. The molecular formula is C90H67BN4. The van der Waals surface area contributed by atoms with Crippen LogP contribution in [0.1, 0.15) is 52.7 Å². The minimum Gasteiger partial charge on any atom is -0.310 e. The van der Waals surface area contributed by atoms with Gasteiger partial charge in [-0.2, -0.15) is 0 Å². The highest BCUT2D eigenvalue weighted by Gasteiger charge is 2.42. The van der Waals surface area contributed by atoms with E-state index in [2.05, 4.69) is 348 Å². The molecular weight excluding hydrogens is 1150 g/mol. The van der Waals surface area contributed by atoms with E-state index in [0.717, 1.165) is 84.0 Å². The summed E-state index contributed by atoms with van der Waals surface area (Å²) in [4.78, 5) is 11.7. The Morgan fingerprint density at radius 3 is 0.905 bits per heavy atom. The number of benzene rings is 13. The zero-order valence-corrected chi connectivity index (χ0v) is 54.2. The molecule has 4 nitrogen and oxygen atoms in total. The molecule has 2 aliphatic heterocycles. The van der Waals surface area contributed by atoms with Gasteiger partial charge in [0.25, 0.3) is 6.71 Å². The van der Waals surface area contributed by atoms with Crippen molar-refractivity contribution < 1.29 is 0 Å². The minimum atomic E-state index is -0.144. The van der Waals surface area contributed by atoms with Gasteiger partial charge >= 0.3 is 0 Å². The smallest absolute Gasteiger partial charge is 0.252 e. The van der Waals surface area contributed by atoms with Crippen molar-refractivity contribution >= 4 is 66.7 Å². The maximum absolute atomic E-state index is 5.92. The first-order valence-electron chi connectivity index (χ1n) is 33.3. The molecule has 3 aromatic heterocycles. The molecule has 0 aliphatic carbocycles. The summed E-state index contributed by atoms with van der Waals surface area (Å²) >= 11 is 0. The Morgan fingerprint density at radius 2 is 0.568 bits per heavy atom. The topological polar surface area (TPSA) is 35.6 Å². The predicted octanol–water partition coefficient (Wildman–Crippen LogP) is 21.4. The first-order valence-corrected chi connectivity index (χ1v) is 33.3. The number of hydrogen-bond acceptors (Lipinski definition) is 2. The van der Waals surface area contributed by atoms with E-state index in [1.165, 1.54) is 93.4 Å². The Balaban J connectivity index is 0.985. The summed E-state index contributed by atoms with van der Waals surface area (Å²) in [7, 11) is 0. The van der Waals surface area contributed by atoms with Gasteiger partial charge in [0.2, 0.25) is 0 Å². The Hall–Kier alpha value is -11.4. The Labute approximate surface area is 555 Å². The summed E-state index contributed by atoms with van der Waals surface area (Å²) in [5, 5.41) is 5.00. The lowest BCUT2D eigenvalue weighted by atomic mass is 9.34. The van der Waals surface area contributed by atoms with Crippen LogP contribution < -0.4 is 16.4 Å². The van der Waals surface area contributed by atoms with Gasteiger partial charge in [0.05, 0.1) is 22.4 Å². The van der Waals surface area contributed by atoms with E-state index in [4.69, 9.17) is 9.97 Å². The van der Waals surface area contributed by atoms with Crippen molar-refractivity contribution in [1.82, 2.24) is 19.1 Å². The van der Waals surface area contributed by atoms with Gasteiger partial charge in [-0.1, -0.05) is 248 Å². The van der Waals surface area contributed by atoms with E-state index in [0.29, 0.717) is 5.82 Å². The summed E-state index contributed by atoms with van der Waals surface area (Å²) in [6, 6.07) is 111. The zero-order valence-electron chi connectivity index (χ0n) is 54.2. The van der Waals surface area contributed by atoms with Crippen molar-refractivity contribution in [1.29, 1.82) is 0 Å². The van der Waals surface area contributed by atoms with Gasteiger partial charge < -0.3 is 9.13 Å². The van der Waals surface area contributed by atoms with Crippen molar-refractivity contribution in [2.24, 2.45) is 0 Å². The van der Waals surface area contributed by atoms with Gasteiger partial charge in [0.1, 0.15) is 0 Å². The maximum Gasteiger partial charge on any atom is 0.252 e. The lowest BCUT2D eigenvalue weighted by Gasteiger charge is -2.34. The molecule has 95 heavy (non-hydrogen) atoms. The standard InChI is InChI=1S/C90H67BN4/c1-89(2,3)71-37-39-81-73(53-71)75-47-66(60-33-21-11-22-34-60)49-77-86(75)94(81)83-51-69(52-84-85(83)91(77)78-50-67(61-35-23-12-24-36-61)48-76-74-54-72(90(4,5)6)38-40-82(74)95(84)87(76)78)80-55-79(68-43-62(56-25-13-7-14-26-56)41-63(44-68)57-27-15-8-16-28-57)92-88(93-80)70-45-64(58-29-17-9-18-30-58)42-65(46-70)59-31-19-10-20-32-59/h7-55H,1-6H3. The Bertz CT molecular complexity index is 5290. The molecule has 0 radical (unpaired) electrons. The molecule has 0 spiro atoms. The Kier molecular flexibility index (Phi) is 12.8. The second-order valence-electron chi connectivity index (χ2n) is 28.2. The van der Waals surface area contributed by atoms with Crippen molar-refractivity contribution in [3.05, 3.63) is 308 Å². The summed E-state index contributed by atoms with van der Waals surface area (Å²) < 4.78 is 5.25. The molecule has 18 rings (SSSR count). The summed E-state index contributed by atoms with van der Waals surface area (Å²) in [5.41, 5.74) is 31.9. The fourth-order valence-electron chi connectivity index (χ4n) is 15.3. The molecule has 0 amide bonds. The molecule has 0 N–H and O–H groups in total. The molecule has 2 aliphatic rings. The summed E-state index contributed by atoms with van der Waals surface area (Å²) in [6.45, 7) is 13.8. The molecule has 0 bridgehead atoms. The first-order chi connectivity index (χ1) is 46.3. The number of nitrogens with zero attached hydrogens (tertiary/aromatic N) is 4. The van der Waals surface area contributed by atoms with Crippen molar-refractivity contribution in [3.63, 3.8) is 0 Å². The van der Waals surface area contributed by atoms with Crippen LogP contribution in [0.5, 0.6) is 0 Å². The third-order valence-corrected chi connectivity index (χ3v) is 20.1. The van der Waals surface area contributed by atoms with Crippen molar-refractivity contribution in [2.45, 2.75) is 52.4 Å². The minimum absolute atomic E-state index is 0.0827. The van der Waals surface area contributed by atoms with Crippen LogP contribution in [0.25, 0.3) is 156 Å². The number of aromatic nitrogens is 4. The average molecular weight is 1220 g/mol. The molecule has 0 saturated heterocycles. The van der Waals surface area contributed by atoms with Crippen LogP contribution in [0.2, 0.25) is 0 Å². The fraction of sp³-hybridized carbons (Fsp3) is 0.0889. The molecule has 16 aromatic rings. The van der Waals surface area contributed by atoms with Gasteiger partial charge in [-0.25, -0.2) is 9.97 Å². The van der Waals surface area contributed by atoms with E-state index in [1.807, 2.05) is 0 Å². The van der Waals surface area contributed by atoms with Crippen LogP contribution in [0, 0.1) is 0 Å². The largest absolute Gasteiger partial charge is 0.310 e. The zero-order chi connectivity index (χ0) is 63.8. The van der Waals surface area contributed by atoms with E-state index in [9.17, 15) is 0 Å². The average Bonchev–Trinajstić information content (AvgIpc) is 1.56. The van der Waals surface area contributed by atoms with Crippen LogP contribution in [0.4, 0.5) is 0 Å². The van der Waals surface area contributed by atoms with E-state index in [1.54, 1.807) is 0 Å². The second-order valence-corrected chi connectivity index (χ2v) is 28.2. The molecule has 450 valence electrons. The SMILES string of the molecule is CC(C)(C)c1ccc2c(c1)c1cc(-c3ccccc3)cc3c1n2-c1cc(-c2cc(-c4cc(-c5ccccc5)cc(-c5ccccc5)c4)nc(-c4cc(-c5ccccc5)cc(-c5ccccc5)c4)n2)cc2c1B3c1cc(-c3ccccc3)cc3c4cc(C(C)(C)C)ccc4n-2c13. The van der Waals surface area contributed by atoms with Gasteiger partial charge in [0.15, 0.2) is 5.82 Å². The lowest BCUT2D eigenvalue weighted by molar-refractivity contribution is 0.591. The van der Waals surface area contributed by atoms with Crippen LogP contribution in [-0.4, -0.2) is 25.8 Å². The normalized spacial score (nSPS) is 12.5. The number of fused-ring (bicyclic) bond motifs is 10. The van der Waals surface area contributed by atoms with Crippen molar-refractivity contribution in [2.75, 3.05) is 0 Å². The molecule has 0 unspecified atom stereocenters. The monoisotopic (exact) mass is 1210 g/mol. The second kappa shape index (κ2) is 21.6. The predicted molar refractivity (Wildman–Crippen MR) is 402 cm³/mol. The van der Waals surface area contributed by atoms with E-state index >= 15 is 0 Å². The van der Waals surface area contributed by atoms with Gasteiger partial charge in [-0.05, 0) is 196 Å².